The molecule has 0 atom stereocenters. The number of rotatable bonds is 3. The smallest absolute Gasteiger partial charge is 0.256 e. The Morgan fingerprint density at radius 2 is 2.46 bits per heavy atom. The van der Waals surface area contributed by atoms with Crippen LogP contribution in [0.4, 0.5) is 0 Å². The fourth-order valence-electron chi connectivity index (χ4n) is 0.982. The highest BCUT2D eigenvalue weighted by Crippen LogP contribution is 2.12. The molecule has 0 aliphatic rings. The molecule has 0 unspecified atom stereocenters. The first-order valence-electron chi connectivity index (χ1n) is 4.06. The minimum atomic E-state index is -0.160. The number of carbonyl (C=O) groups excluding carboxylic acids is 1. The van der Waals surface area contributed by atoms with Gasteiger partial charge in [0.2, 0.25) is 5.88 Å². The SMILES string of the molecule is CCNC(=O)c1cccnc1OC. The molecule has 0 radical (unpaired) electrons. The van der Waals surface area contributed by atoms with Crippen molar-refractivity contribution in [1.29, 1.82) is 0 Å². The summed E-state index contributed by atoms with van der Waals surface area (Å²) in [6.45, 7) is 2.46. The van der Waals surface area contributed by atoms with Crippen LogP contribution in [0.25, 0.3) is 0 Å². The number of amides is 1. The van der Waals surface area contributed by atoms with Crippen LogP contribution in [-0.2, 0) is 0 Å². The Hall–Kier alpha value is -1.58. The summed E-state index contributed by atoms with van der Waals surface area (Å²) < 4.78 is 4.94. The zero-order valence-electron chi connectivity index (χ0n) is 7.70. The van der Waals surface area contributed by atoms with Gasteiger partial charge in [0.05, 0.1) is 7.11 Å². The Morgan fingerprint density at radius 1 is 1.69 bits per heavy atom. The number of hydrogen-bond donors (Lipinski definition) is 1. The number of methoxy groups -OCH3 is 1. The second-order valence-corrected chi connectivity index (χ2v) is 2.42. The van der Waals surface area contributed by atoms with Crippen molar-refractivity contribution in [2.75, 3.05) is 13.7 Å². The molecule has 1 aromatic rings. The van der Waals surface area contributed by atoms with Crippen molar-refractivity contribution in [1.82, 2.24) is 10.3 Å². The normalized spacial score (nSPS) is 9.38. The second-order valence-electron chi connectivity index (χ2n) is 2.42. The molecule has 0 saturated heterocycles. The van der Waals surface area contributed by atoms with E-state index in [0.29, 0.717) is 18.0 Å². The maximum atomic E-state index is 11.4. The van der Waals surface area contributed by atoms with Gasteiger partial charge in [-0.15, -0.1) is 0 Å². The van der Waals surface area contributed by atoms with E-state index >= 15 is 0 Å². The maximum absolute atomic E-state index is 11.4. The van der Waals surface area contributed by atoms with Gasteiger partial charge in [-0.3, -0.25) is 4.79 Å². The zero-order chi connectivity index (χ0) is 9.68. The first kappa shape index (κ1) is 9.51. The van der Waals surface area contributed by atoms with Crippen LogP contribution >= 0.6 is 0 Å². The van der Waals surface area contributed by atoms with Crippen LogP contribution in [0.5, 0.6) is 5.88 Å². The van der Waals surface area contributed by atoms with Crippen LogP contribution in [0.1, 0.15) is 17.3 Å². The first-order valence-corrected chi connectivity index (χ1v) is 4.06. The number of pyridine rings is 1. The van der Waals surface area contributed by atoms with Gasteiger partial charge in [0.15, 0.2) is 0 Å². The largest absolute Gasteiger partial charge is 0.480 e. The summed E-state index contributed by atoms with van der Waals surface area (Å²) in [6, 6.07) is 3.38. The third kappa shape index (κ3) is 2.18. The van der Waals surface area contributed by atoms with Crippen LogP contribution in [0.3, 0.4) is 0 Å². The molecule has 0 fully saturated rings. The van der Waals surface area contributed by atoms with Gasteiger partial charge in [-0.05, 0) is 19.1 Å². The Bertz CT molecular complexity index is 299. The first-order chi connectivity index (χ1) is 6.29. The summed E-state index contributed by atoms with van der Waals surface area (Å²) in [5.74, 6) is 0.195. The highest BCUT2D eigenvalue weighted by Gasteiger charge is 2.10. The lowest BCUT2D eigenvalue weighted by atomic mass is 10.2. The molecule has 13 heavy (non-hydrogen) atoms. The third-order valence-electron chi connectivity index (χ3n) is 1.55. The fraction of sp³-hybridized carbons (Fsp3) is 0.333. The Kier molecular flexibility index (Phi) is 3.25. The van der Waals surface area contributed by atoms with Crippen LogP contribution in [-0.4, -0.2) is 24.5 Å². The number of carbonyl (C=O) groups is 1. The van der Waals surface area contributed by atoms with Crippen molar-refractivity contribution in [3.63, 3.8) is 0 Å². The summed E-state index contributed by atoms with van der Waals surface area (Å²) >= 11 is 0. The monoisotopic (exact) mass is 180 g/mol. The van der Waals surface area contributed by atoms with Crippen molar-refractivity contribution in [2.45, 2.75) is 6.92 Å². The highest BCUT2D eigenvalue weighted by atomic mass is 16.5. The van der Waals surface area contributed by atoms with E-state index in [2.05, 4.69) is 10.3 Å². The van der Waals surface area contributed by atoms with E-state index in [0.717, 1.165) is 0 Å². The molecular weight excluding hydrogens is 168 g/mol. The van der Waals surface area contributed by atoms with Gasteiger partial charge in [0, 0.05) is 12.7 Å². The number of aromatic nitrogens is 1. The second kappa shape index (κ2) is 4.45. The molecule has 70 valence electrons. The highest BCUT2D eigenvalue weighted by molar-refractivity contribution is 5.96. The Labute approximate surface area is 76.9 Å². The van der Waals surface area contributed by atoms with Crippen molar-refractivity contribution in [3.05, 3.63) is 23.9 Å². The van der Waals surface area contributed by atoms with Gasteiger partial charge in [0.1, 0.15) is 5.56 Å². The number of hydrogen-bond acceptors (Lipinski definition) is 3. The topological polar surface area (TPSA) is 51.2 Å². The van der Waals surface area contributed by atoms with Gasteiger partial charge >= 0.3 is 0 Å². The van der Waals surface area contributed by atoms with Crippen molar-refractivity contribution < 1.29 is 9.53 Å². The maximum Gasteiger partial charge on any atom is 0.256 e. The van der Waals surface area contributed by atoms with Crippen molar-refractivity contribution in [3.8, 4) is 5.88 Å². The summed E-state index contributed by atoms with van der Waals surface area (Å²) in [4.78, 5) is 15.3. The van der Waals surface area contributed by atoms with E-state index in [9.17, 15) is 4.79 Å². The van der Waals surface area contributed by atoms with Gasteiger partial charge in [-0.25, -0.2) is 4.98 Å². The number of nitrogens with zero attached hydrogens (tertiary/aromatic N) is 1. The molecule has 0 saturated carbocycles. The molecule has 0 aliphatic heterocycles. The minimum absolute atomic E-state index is 0.160. The Balaban J connectivity index is 2.92. The summed E-state index contributed by atoms with van der Waals surface area (Å²) in [5, 5.41) is 2.68. The molecule has 1 heterocycles. The van der Waals surface area contributed by atoms with Crippen LogP contribution < -0.4 is 10.1 Å². The van der Waals surface area contributed by atoms with Crippen molar-refractivity contribution >= 4 is 5.91 Å². The quantitative estimate of drug-likeness (QED) is 0.749. The van der Waals surface area contributed by atoms with Crippen molar-refractivity contribution in [2.24, 2.45) is 0 Å². The van der Waals surface area contributed by atoms with Gasteiger partial charge < -0.3 is 10.1 Å². The summed E-state index contributed by atoms with van der Waals surface area (Å²) in [5.41, 5.74) is 0.465. The molecule has 0 spiro atoms. The van der Waals surface area contributed by atoms with E-state index in [1.807, 2.05) is 6.92 Å². The lowest BCUT2D eigenvalue weighted by molar-refractivity contribution is 0.0952. The average molecular weight is 180 g/mol. The summed E-state index contributed by atoms with van der Waals surface area (Å²) in [6.07, 6.45) is 1.58. The Morgan fingerprint density at radius 3 is 3.08 bits per heavy atom. The zero-order valence-corrected chi connectivity index (χ0v) is 7.70. The number of ether oxygens (including phenoxy) is 1. The molecule has 4 nitrogen and oxygen atoms in total. The van der Waals surface area contributed by atoms with E-state index < -0.39 is 0 Å². The van der Waals surface area contributed by atoms with Crippen LogP contribution in [0.2, 0.25) is 0 Å². The van der Waals surface area contributed by atoms with E-state index in [1.54, 1.807) is 18.3 Å². The number of nitrogens with one attached hydrogen (secondary N) is 1. The lowest BCUT2D eigenvalue weighted by Crippen LogP contribution is -2.23. The molecule has 0 aliphatic carbocycles. The van der Waals surface area contributed by atoms with E-state index in [-0.39, 0.29) is 5.91 Å². The van der Waals surface area contributed by atoms with Crippen LogP contribution in [0, 0.1) is 0 Å². The van der Waals surface area contributed by atoms with Gasteiger partial charge in [-0.1, -0.05) is 0 Å². The molecule has 1 amide bonds. The van der Waals surface area contributed by atoms with Crippen LogP contribution in [0.15, 0.2) is 18.3 Å². The molecule has 1 N–H and O–H groups in total. The predicted octanol–water partition coefficient (Wildman–Crippen LogP) is 0.840. The van der Waals surface area contributed by atoms with E-state index in [4.69, 9.17) is 4.74 Å². The molecule has 1 aromatic heterocycles. The lowest BCUT2D eigenvalue weighted by Gasteiger charge is -2.05. The molecular formula is C9H12N2O2. The van der Waals surface area contributed by atoms with Gasteiger partial charge in [0.25, 0.3) is 5.91 Å². The average Bonchev–Trinajstić information content (AvgIpc) is 2.18. The molecule has 4 heteroatoms. The summed E-state index contributed by atoms with van der Waals surface area (Å²) in [7, 11) is 1.49. The minimum Gasteiger partial charge on any atom is -0.480 e. The molecule has 1 rings (SSSR count). The van der Waals surface area contributed by atoms with E-state index in [1.165, 1.54) is 7.11 Å². The third-order valence-corrected chi connectivity index (χ3v) is 1.55. The fourth-order valence-corrected chi connectivity index (χ4v) is 0.982. The van der Waals surface area contributed by atoms with Gasteiger partial charge in [-0.2, -0.15) is 0 Å². The predicted molar refractivity (Wildman–Crippen MR) is 48.8 cm³/mol. The standard InChI is InChI=1S/C9H12N2O2/c1-3-10-8(12)7-5-4-6-11-9(7)13-2/h4-6H,3H2,1-2H3,(H,10,12). The molecule has 0 aromatic carbocycles. The molecule has 0 bridgehead atoms.